The Kier molecular flexibility index (Phi) is 4.62. The van der Waals surface area contributed by atoms with Crippen molar-refractivity contribution in [2.75, 3.05) is 26.3 Å². The molecule has 26 heavy (non-hydrogen) atoms. The van der Waals surface area contributed by atoms with Gasteiger partial charge in [-0.25, -0.2) is 4.98 Å². The van der Waals surface area contributed by atoms with Crippen molar-refractivity contribution in [3.05, 3.63) is 60.1 Å². The van der Waals surface area contributed by atoms with Crippen LogP contribution in [0.3, 0.4) is 0 Å². The van der Waals surface area contributed by atoms with E-state index in [9.17, 15) is 4.79 Å². The zero-order valence-electron chi connectivity index (χ0n) is 14.7. The summed E-state index contributed by atoms with van der Waals surface area (Å²) in [5, 5.41) is 0. The molecule has 1 aliphatic rings. The number of hydrogen-bond donors (Lipinski definition) is 0. The van der Waals surface area contributed by atoms with Crippen LogP contribution < -0.4 is 0 Å². The molecule has 1 atom stereocenters. The molecule has 1 amide bonds. The fourth-order valence-electron chi connectivity index (χ4n) is 3.23. The van der Waals surface area contributed by atoms with E-state index in [1.54, 1.807) is 18.6 Å². The summed E-state index contributed by atoms with van der Waals surface area (Å²) in [7, 11) is 0. The van der Waals surface area contributed by atoms with Gasteiger partial charge in [-0.3, -0.25) is 14.8 Å². The van der Waals surface area contributed by atoms with Crippen molar-refractivity contribution in [1.82, 2.24) is 24.3 Å². The van der Waals surface area contributed by atoms with Crippen molar-refractivity contribution in [1.29, 1.82) is 0 Å². The van der Waals surface area contributed by atoms with Crippen LogP contribution in [0.4, 0.5) is 0 Å². The van der Waals surface area contributed by atoms with Gasteiger partial charge in [0.25, 0.3) is 5.91 Å². The van der Waals surface area contributed by atoms with Gasteiger partial charge in [0.05, 0.1) is 30.7 Å². The molecule has 3 aromatic rings. The van der Waals surface area contributed by atoms with Crippen molar-refractivity contribution in [3.63, 3.8) is 0 Å². The largest absolute Gasteiger partial charge is 0.379 e. The maximum absolute atomic E-state index is 12.8. The summed E-state index contributed by atoms with van der Waals surface area (Å²) in [6.07, 6.45) is 9.82. The molecule has 4 rings (SSSR count). The number of imidazole rings is 1. The molecule has 0 N–H and O–H groups in total. The summed E-state index contributed by atoms with van der Waals surface area (Å²) in [4.78, 5) is 27.6. The molecule has 0 unspecified atom stereocenters. The smallest absolute Gasteiger partial charge is 0.255 e. The van der Waals surface area contributed by atoms with Gasteiger partial charge in [-0.2, -0.15) is 0 Å². The van der Waals surface area contributed by atoms with E-state index in [1.807, 2.05) is 40.8 Å². The number of carbonyl (C=O) groups is 1. The fourth-order valence-corrected chi connectivity index (χ4v) is 3.23. The molecule has 7 nitrogen and oxygen atoms in total. The van der Waals surface area contributed by atoms with Crippen molar-refractivity contribution in [2.45, 2.75) is 13.3 Å². The minimum absolute atomic E-state index is 0.00557. The van der Waals surface area contributed by atoms with E-state index in [0.717, 1.165) is 23.5 Å². The Hall–Kier alpha value is -2.80. The number of amides is 1. The van der Waals surface area contributed by atoms with Crippen LogP contribution in [0.1, 0.15) is 21.7 Å². The van der Waals surface area contributed by atoms with Crippen molar-refractivity contribution in [3.8, 4) is 0 Å². The highest BCUT2D eigenvalue weighted by Gasteiger charge is 2.24. The average Bonchev–Trinajstić information content (AvgIpc) is 2.99. The number of ether oxygens (including phenoxy) is 1. The lowest BCUT2D eigenvalue weighted by Gasteiger charge is -2.23. The van der Waals surface area contributed by atoms with Crippen LogP contribution >= 0.6 is 0 Å². The molecule has 3 aromatic heterocycles. The summed E-state index contributed by atoms with van der Waals surface area (Å²) in [5.74, 6) is 0.208. The van der Waals surface area contributed by atoms with E-state index in [2.05, 4.69) is 15.0 Å². The highest BCUT2D eigenvalue weighted by atomic mass is 16.5. The first-order chi connectivity index (χ1) is 12.7. The van der Waals surface area contributed by atoms with Gasteiger partial charge in [-0.05, 0) is 25.5 Å². The third-order valence-corrected chi connectivity index (χ3v) is 4.61. The third kappa shape index (κ3) is 3.57. The number of pyridine rings is 1. The molecular weight excluding hydrogens is 330 g/mol. The molecule has 7 heteroatoms. The first-order valence-electron chi connectivity index (χ1n) is 8.76. The third-order valence-electron chi connectivity index (χ3n) is 4.61. The Labute approximate surface area is 151 Å². The Morgan fingerprint density at radius 3 is 3.04 bits per heavy atom. The highest BCUT2D eigenvalue weighted by Crippen LogP contribution is 2.15. The molecule has 4 heterocycles. The molecule has 0 spiro atoms. The molecule has 1 saturated heterocycles. The van der Waals surface area contributed by atoms with Crippen LogP contribution in [0.15, 0.2) is 43.1 Å². The second-order valence-electron chi connectivity index (χ2n) is 6.66. The minimum Gasteiger partial charge on any atom is -0.379 e. The SMILES string of the molecule is Cc1ccc(C(=O)N2CCOC[C@H](Cc3cn4ccnc4cn3)C2)cn1. The molecule has 134 valence electrons. The first kappa shape index (κ1) is 16.7. The van der Waals surface area contributed by atoms with Gasteiger partial charge < -0.3 is 14.0 Å². The summed E-state index contributed by atoms with van der Waals surface area (Å²) < 4.78 is 7.69. The van der Waals surface area contributed by atoms with Crippen LogP contribution in [-0.4, -0.2) is 56.5 Å². The number of hydrogen-bond acceptors (Lipinski definition) is 5. The van der Waals surface area contributed by atoms with Crippen LogP contribution in [-0.2, 0) is 11.2 Å². The number of fused-ring (bicyclic) bond motifs is 1. The van der Waals surface area contributed by atoms with E-state index in [4.69, 9.17) is 4.74 Å². The maximum Gasteiger partial charge on any atom is 0.255 e. The van der Waals surface area contributed by atoms with Gasteiger partial charge >= 0.3 is 0 Å². The average molecular weight is 351 g/mol. The van der Waals surface area contributed by atoms with Crippen LogP contribution in [0.25, 0.3) is 5.65 Å². The molecule has 0 radical (unpaired) electrons. The standard InChI is InChI=1S/C19H21N5O2/c1-14-2-3-16(9-21-14)19(25)24-6-7-26-13-15(11-24)8-17-12-23-5-4-20-18(23)10-22-17/h2-5,9-10,12,15H,6-8,11,13H2,1H3/t15-/m1/s1. The van der Waals surface area contributed by atoms with Crippen molar-refractivity contribution >= 4 is 11.6 Å². The molecule has 0 bridgehead atoms. The predicted octanol–water partition coefficient (Wildman–Crippen LogP) is 1.76. The topological polar surface area (TPSA) is 72.6 Å². The lowest BCUT2D eigenvalue weighted by molar-refractivity contribution is 0.0737. The fraction of sp³-hybridized carbons (Fsp3) is 0.368. The number of nitrogens with zero attached hydrogens (tertiary/aromatic N) is 5. The Morgan fingerprint density at radius 2 is 2.19 bits per heavy atom. The first-order valence-corrected chi connectivity index (χ1v) is 8.76. The van der Waals surface area contributed by atoms with Gasteiger partial charge in [0.2, 0.25) is 0 Å². The minimum atomic E-state index is 0.00557. The van der Waals surface area contributed by atoms with E-state index in [1.165, 1.54) is 0 Å². The number of aryl methyl sites for hydroxylation is 1. The Balaban J connectivity index is 1.48. The highest BCUT2D eigenvalue weighted by molar-refractivity contribution is 5.93. The Bertz CT molecular complexity index is 906. The van der Waals surface area contributed by atoms with Gasteiger partial charge in [0.1, 0.15) is 0 Å². The number of aromatic nitrogens is 4. The van der Waals surface area contributed by atoms with Crippen molar-refractivity contribution < 1.29 is 9.53 Å². The number of rotatable bonds is 3. The monoisotopic (exact) mass is 351 g/mol. The quantitative estimate of drug-likeness (QED) is 0.719. The molecule has 0 aliphatic carbocycles. The molecule has 0 saturated carbocycles. The Morgan fingerprint density at radius 1 is 1.27 bits per heavy atom. The van der Waals surface area contributed by atoms with E-state index in [-0.39, 0.29) is 11.8 Å². The van der Waals surface area contributed by atoms with Crippen LogP contribution in [0.5, 0.6) is 0 Å². The summed E-state index contributed by atoms with van der Waals surface area (Å²) in [5.41, 5.74) is 3.32. The van der Waals surface area contributed by atoms with Crippen LogP contribution in [0.2, 0.25) is 0 Å². The van der Waals surface area contributed by atoms with Crippen LogP contribution in [0, 0.1) is 12.8 Å². The summed E-state index contributed by atoms with van der Waals surface area (Å²) in [6, 6.07) is 3.70. The van der Waals surface area contributed by atoms with Crippen molar-refractivity contribution in [2.24, 2.45) is 5.92 Å². The zero-order valence-corrected chi connectivity index (χ0v) is 14.7. The summed E-state index contributed by atoms with van der Waals surface area (Å²) in [6.45, 7) is 4.33. The molecule has 1 aliphatic heterocycles. The van der Waals surface area contributed by atoms with E-state index >= 15 is 0 Å². The predicted molar refractivity (Wildman–Crippen MR) is 95.9 cm³/mol. The van der Waals surface area contributed by atoms with E-state index < -0.39 is 0 Å². The normalized spacial score (nSPS) is 18.0. The maximum atomic E-state index is 12.8. The second kappa shape index (κ2) is 7.21. The number of carbonyl (C=O) groups excluding carboxylic acids is 1. The van der Waals surface area contributed by atoms with Gasteiger partial charge in [-0.15, -0.1) is 0 Å². The molecule has 1 fully saturated rings. The zero-order chi connectivity index (χ0) is 17.9. The molecular formula is C19H21N5O2. The second-order valence-corrected chi connectivity index (χ2v) is 6.66. The van der Waals surface area contributed by atoms with Gasteiger partial charge in [0.15, 0.2) is 5.65 Å². The summed E-state index contributed by atoms with van der Waals surface area (Å²) >= 11 is 0. The van der Waals surface area contributed by atoms with E-state index in [0.29, 0.717) is 31.9 Å². The van der Waals surface area contributed by atoms with Gasteiger partial charge in [-0.1, -0.05) is 0 Å². The molecule has 0 aromatic carbocycles. The van der Waals surface area contributed by atoms with Gasteiger partial charge in [0, 0.05) is 49.5 Å². The lowest BCUT2D eigenvalue weighted by atomic mass is 10.0. The lowest BCUT2D eigenvalue weighted by Crippen LogP contribution is -2.36.